The fourth-order valence-corrected chi connectivity index (χ4v) is 6.92. The second kappa shape index (κ2) is 6.95. The quantitative estimate of drug-likeness (QED) is 0.387. The van der Waals surface area contributed by atoms with Crippen molar-refractivity contribution in [1.29, 1.82) is 0 Å². The Balaban J connectivity index is 1.48. The smallest absolute Gasteiger partial charge is 0.230 e. The predicted octanol–water partition coefficient (Wildman–Crippen LogP) is 2.82. The summed E-state index contributed by atoms with van der Waals surface area (Å²) in [5.74, 6) is 0.0427. The number of hydrogen-bond donors (Lipinski definition) is 1. The lowest BCUT2D eigenvalue weighted by Gasteiger charge is -2.23. The lowest BCUT2D eigenvalue weighted by atomic mass is 10.0. The van der Waals surface area contributed by atoms with Crippen LogP contribution in [-0.4, -0.2) is 51.5 Å². The minimum atomic E-state index is -3.08. The summed E-state index contributed by atoms with van der Waals surface area (Å²) in [4.78, 5) is 22.2. The number of carbonyl (C=O) groups is 1. The second-order valence-electron chi connectivity index (χ2n) is 7.91. The van der Waals surface area contributed by atoms with Crippen LogP contribution < -0.4 is 5.32 Å². The van der Waals surface area contributed by atoms with Gasteiger partial charge in [0.25, 0.3) is 0 Å². The number of aromatic nitrogens is 3. The molecule has 0 aliphatic carbocycles. The van der Waals surface area contributed by atoms with Crippen LogP contribution in [0.3, 0.4) is 0 Å². The molecular formula is C21H20N4O3S2. The van der Waals surface area contributed by atoms with Gasteiger partial charge in [-0.2, -0.15) is 0 Å². The number of para-hydroxylation sites is 3. The Hall–Kier alpha value is -2.65. The molecule has 1 fully saturated rings. The van der Waals surface area contributed by atoms with Crippen molar-refractivity contribution < 1.29 is 13.2 Å². The zero-order valence-corrected chi connectivity index (χ0v) is 18.0. The fourth-order valence-electron chi connectivity index (χ4n) is 4.02. The van der Waals surface area contributed by atoms with Crippen molar-refractivity contribution in [3.8, 4) is 0 Å². The van der Waals surface area contributed by atoms with Crippen molar-refractivity contribution in [1.82, 2.24) is 19.7 Å². The molecule has 30 heavy (non-hydrogen) atoms. The Morgan fingerprint density at radius 3 is 2.63 bits per heavy atom. The number of hydrogen-bond acceptors (Lipinski definition) is 6. The topological polar surface area (TPSA) is 93.4 Å². The molecule has 1 atom stereocenters. The molecular weight excluding hydrogens is 420 g/mol. The molecule has 2 aromatic carbocycles. The Morgan fingerprint density at radius 2 is 1.87 bits per heavy atom. The van der Waals surface area contributed by atoms with E-state index in [1.165, 1.54) is 11.8 Å². The normalized spacial score (nSPS) is 20.8. The van der Waals surface area contributed by atoms with E-state index in [4.69, 9.17) is 9.97 Å². The molecule has 0 bridgehead atoms. The standard InChI is InChI=1S/C21H20N4O3S2/c1-21(10-11-30(27,28)13-21)24-18(26)12-29-20-23-15-7-3-2-6-14(15)19-22-16-8-4-5-9-17(16)25(19)20/h2-9H,10-13H2,1H3,(H,24,26). The van der Waals surface area contributed by atoms with E-state index >= 15 is 0 Å². The number of fused-ring (bicyclic) bond motifs is 5. The minimum absolute atomic E-state index is 0.0129. The molecule has 2 aromatic heterocycles. The summed E-state index contributed by atoms with van der Waals surface area (Å²) in [6.45, 7) is 1.79. The van der Waals surface area contributed by atoms with Crippen molar-refractivity contribution in [2.24, 2.45) is 0 Å². The van der Waals surface area contributed by atoms with Gasteiger partial charge in [-0.1, -0.05) is 36.0 Å². The molecule has 7 nitrogen and oxygen atoms in total. The third-order valence-corrected chi connectivity index (χ3v) is 8.23. The van der Waals surface area contributed by atoms with Crippen LogP contribution in [0.1, 0.15) is 13.3 Å². The van der Waals surface area contributed by atoms with Crippen molar-refractivity contribution in [2.75, 3.05) is 17.3 Å². The maximum Gasteiger partial charge on any atom is 0.230 e. The molecule has 4 aromatic rings. The van der Waals surface area contributed by atoms with Gasteiger partial charge < -0.3 is 5.32 Å². The minimum Gasteiger partial charge on any atom is -0.349 e. The van der Waals surface area contributed by atoms with Gasteiger partial charge in [0.1, 0.15) is 5.65 Å². The SMILES string of the molecule is CC1(NC(=O)CSc2nc3ccccc3c3nc4ccccc4n23)CCS(=O)(=O)C1. The van der Waals surface area contributed by atoms with Crippen molar-refractivity contribution in [2.45, 2.75) is 24.0 Å². The number of benzene rings is 2. The zero-order valence-electron chi connectivity index (χ0n) is 16.3. The lowest BCUT2D eigenvalue weighted by Crippen LogP contribution is -2.47. The van der Waals surface area contributed by atoms with Gasteiger partial charge in [-0.25, -0.2) is 18.4 Å². The number of thioether (sulfide) groups is 1. The molecule has 1 amide bonds. The average molecular weight is 441 g/mol. The summed E-state index contributed by atoms with van der Waals surface area (Å²) in [5, 5.41) is 4.53. The highest BCUT2D eigenvalue weighted by Gasteiger charge is 2.39. The Labute approximate surface area is 177 Å². The number of rotatable bonds is 4. The summed E-state index contributed by atoms with van der Waals surface area (Å²) in [5.41, 5.74) is 2.72. The highest BCUT2D eigenvalue weighted by Crippen LogP contribution is 2.29. The highest BCUT2D eigenvalue weighted by atomic mass is 32.2. The van der Waals surface area contributed by atoms with E-state index in [2.05, 4.69) is 5.32 Å². The van der Waals surface area contributed by atoms with E-state index in [-0.39, 0.29) is 23.2 Å². The molecule has 1 saturated heterocycles. The molecule has 0 spiro atoms. The van der Waals surface area contributed by atoms with Gasteiger partial charge in [0.2, 0.25) is 5.91 Å². The van der Waals surface area contributed by atoms with Crippen LogP contribution in [0.2, 0.25) is 0 Å². The third-order valence-electron chi connectivity index (χ3n) is 5.39. The Morgan fingerprint density at radius 1 is 1.13 bits per heavy atom. The van der Waals surface area contributed by atoms with Gasteiger partial charge in [0.05, 0.1) is 39.3 Å². The first kappa shape index (κ1) is 19.3. The Bertz CT molecular complexity index is 1410. The molecule has 5 rings (SSSR count). The maximum absolute atomic E-state index is 12.6. The number of imidazole rings is 1. The van der Waals surface area contributed by atoms with Gasteiger partial charge in [0, 0.05) is 5.39 Å². The number of nitrogens with zero attached hydrogens (tertiary/aromatic N) is 3. The zero-order chi connectivity index (χ0) is 20.9. The maximum atomic E-state index is 12.6. The summed E-state index contributed by atoms with van der Waals surface area (Å²) < 4.78 is 25.6. The van der Waals surface area contributed by atoms with Gasteiger partial charge in [-0.15, -0.1) is 0 Å². The van der Waals surface area contributed by atoms with Crippen LogP contribution in [0.15, 0.2) is 53.7 Å². The fraction of sp³-hybridized carbons (Fsp3) is 0.286. The van der Waals surface area contributed by atoms with E-state index in [1.54, 1.807) is 6.92 Å². The van der Waals surface area contributed by atoms with Gasteiger partial charge >= 0.3 is 0 Å². The van der Waals surface area contributed by atoms with Crippen LogP contribution in [0, 0.1) is 0 Å². The average Bonchev–Trinajstić information content (AvgIpc) is 3.23. The summed E-state index contributed by atoms with van der Waals surface area (Å²) in [6.07, 6.45) is 0.441. The molecule has 0 saturated carbocycles. The van der Waals surface area contributed by atoms with Crippen LogP contribution >= 0.6 is 11.8 Å². The monoisotopic (exact) mass is 440 g/mol. The van der Waals surface area contributed by atoms with Crippen LogP contribution in [-0.2, 0) is 14.6 Å². The molecule has 0 radical (unpaired) electrons. The van der Waals surface area contributed by atoms with Crippen molar-refractivity contribution >= 4 is 55.1 Å². The van der Waals surface area contributed by atoms with Gasteiger partial charge in [0.15, 0.2) is 15.0 Å². The summed E-state index contributed by atoms with van der Waals surface area (Å²) in [7, 11) is -3.08. The molecule has 1 aliphatic heterocycles. The van der Waals surface area contributed by atoms with E-state index in [1.807, 2.05) is 52.9 Å². The van der Waals surface area contributed by atoms with Crippen molar-refractivity contribution in [3.05, 3.63) is 48.5 Å². The van der Waals surface area contributed by atoms with E-state index < -0.39 is 15.4 Å². The first-order chi connectivity index (χ1) is 14.3. The van der Waals surface area contributed by atoms with E-state index in [9.17, 15) is 13.2 Å². The first-order valence-electron chi connectivity index (χ1n) is 9.64. The van der Waals surface area contributed by atoms with Crippen molar-refractivity contribution in [3.63, 3.8) is 0 Å². The van der Waals surface area contributed by atoms with Gasteiger partial charge in [-0.3, -0.25) is 9.20 Å². The van der Waals surface area contributed by atoms with Crippen LogP contribution in [0.25, 0.3) is 27.6 Å². The lowest BCUT2D eigenvalue weighted by molar-refractivity contribution is -0.120. The molecule has 1 aliphatic rings. The number of sulfone groups is 1. The van der Waals surface area contributed by atoms with E-state index in [0.29, 0.717) is 11.6 Å². The number of carbonyl (C=O) groups excluding carboxylic acids is 1. The summed E-state index contributed by atoms with van der Waals surface area (Å²) in [6, 6.07) is 15.7. The van der Waals surface area contributed by atoms with Crippen LogP contribution in [0.4, 0.5) is 0 Å². The number of nitrogens with one attached hydrogen (secondary N) is 1. The number of amides is 1. The molecule has 9 heteroatoms. The Kier molecular flexibility index (Phi) is 4.48. The highest BCUT2D eigenvalue weighted by molar-refractivity contribution is 7.99. The molecule has 1 N–H and O–H groups in total. The second-order valence-corrected chi connectivity index (χ2v) is 11.0. The predicted molar refractivity (Wildman–Crippen MR) is 119 cm³/mol. The van der Waals surface area contributed by atoms with Crippen LogP contribution in [0.5, 0.6) is 0 Å². The molecule has 154 valence electrons. The largest absolute Gasteiger partial charge is 0.349 e. The first-order valence-corrected chi connectivity index (χ1v) is 12.4. The van der Waals surface area contributed by atoms with E-state index in [0.717, 1.165) is 27.6 Å². The molecule has 1 unspecified atom stereocenters. The summed E-state index contributed by atoms with van der Waals surface area (Å²) >= 11 is 1.32. The third kappa shape index (κ3) is 3.41. The molecule has 3 heterocycles. The van der Waals surface area contributed by atoms with Gasteiger partial charge in [-0.05, 0) is 37.6 Å².